The van der Waals surface area contributed by atoms with E-state index in [4.69, 9.17) is 5.11 Å². The van der Waals surface area contributed by atoms with Crippen molar-refractivity contribution >= 4 is 17.4 Å². The molecule has 4 N–H and O–H groups in total. The van der Waals surface area contributed by atoms with Crippen LogP contribution in [0.25, 0.3) is 11.1 Å². The largest absolute Gasteiger partial charge is 0.394 e. The second kappa shape index (κ2) is 8.51. The van der Waals surface area contributed by atoms with Crippen LogP contribution in [-0.4, -0.2) is 53.2 Å². The molecule has 2 amide bonds. The van der Waals surface area contributed by atoms with Gasteiger partial charge in [-0.25, -0.2) is 9.18 Å². The predicted octanol–water partition coefficient (Wildman–Crippen LogP) is 2.34. The number of nitrogens with one attached hydrogen (secondary N) is 3. The molecule has 0 aliphatic carbocycles. The quantitative estimate of drug-likeness (QED) is 0.476. The van der Waals surface area contributed by atoms with Crippen LogP contribution in [0, 0.1) is 5.82 Å². The highest BCUT2D eigenvalue weighted by molar-refractivity contribution is 5.77. The molecule has 3 aromatic rings. The number of hydrogen-bond donors (Lipinski definition) is 4. The van der Waals surface area contributed by atoms with Gasteiger partial charge in [0.15, 0.2) is 0 Å². The van der Waals surface area contributed by atoms with Crippen molar-refractivity contribution in [1.29, 1.82) is 0 Å². The zero-order chi connectivity index (χ0) is 22.1. The fourth-order valence-electron chi connectivity index (χ4n) is 4.22. The molecule has 5 rings (SSSR count). The first-order valence-electron chi connectivity index (χ1n) is 10.7. The molecule has 8 nitrogen and oxygen atoms in total. The summed E-state index contributed by atoms with van der Waals surface area (Å²) in [6.45, 7) is 2.42. The molecule has 2 aromatic carbocycles. The summed E-state index contributed by atoms with van der Waals surface area (Å²) < 4.78 is 15.1. The third-order valence-corrected chi connectivity index (χ3v) is 5.91. The topological polar surface area (TPSA) is 94.5 Å². The fraction of sp³-hybridized carbons (Fsp3) is 0.304. The zero-order valence-corrected chi connectivity index (χ0v) is 17.5. The number of rotatable bonds is 6. The van der Waals surface area contributed by atoms with Crippen LogP contribution in [0.3, 0.4) is 0 Å². The molecular formula is C23H25FN6O2. The molecule has 3 heterocycles. The molecule has 0 spiro atoms. The van der Waals surface area contributed by atoms with E-state index in [1.165, 1.54) is 12.1 Å². The van der Waals surface area contributed by atoms with Gasteiger partial charge >= 0.3 is 6.03 Å². The summed E-state index contributed by atoms with van der Waals surface area (Å²) in [5.74, 6) is -0.260. The Morgan fingerprint density at radius 1 is 1.19 bits per heavy atom. The molecular weight excluding hydrogens is 411 g/mol. The summed E-state index contributed by atoms with van der Waals surface area (Å²) >= 11 is 0. The molecule has 1 atom stereocenters. The number of nitrogens with zero attached hydrogens (tertiary/aromatic N) is 3. The monoisotopic (exact) mass is 436 g/mol. The average molecular weight is 436 g/mol. The molecule has 0 saturated carbocycles. The van der Waals surface area contributed by atoms with Crippen LogP contribution in [0.1, 0.15) is 11.6 Å². The Kier molecular flexibility index (Phi) is 5.40. The normalized spacial score (nSPS) is 17.4. The number of anilines is 2. The number of benzene rings is 2. The second-order valence-corrected chi connectivity index (χ2v) is 8.15. The van der Waals surface area contributed by atoms with Crippen LogP contribution in [0.2, 0.25) is 0 Å². The van der Waals surface area contributed by atoms with Crippen LogP contribution in [0.4, 0.5) is 20.6 Å². The van der Waals surface area contributed by atoms with Crippen molar-refractivity contribution in [2.45, 2.75) is 18.6 Å². The van der Waals surface area contributed by atoms with Crippen molar-refractivity contribution in [3.05, 3.63) is 66.2 Å². The highest BCUT2D eigenvalue weighted by Crippen LogP contribution is 2.33. The number of halogens is 1. The molecule has 2 aliphatic rings. The standard InChI is InChI=1S/C23H25FN6O2/c24-17-2-1-3-19(9-17)29-13-18(14-29)27-23(32)28-22-11-25-21-5-4-15(8-20(21)22)16-10-26-30(12-16)6-7-31/h1-5,8-10,12,18,22,25,31H,6-7,11,13-14H2,(H2,27,28,32). The highest BCUT2D eigenvalue weighted by Gasteiger charge is 2.30. The number of urea groups is 1. The van der Waals surface area contributed by atoms with Crippen molar-refractivity contribution in [2.75, 3.05) is 36.5 Å². The SMILES string of the molecule is O=C(NC1CN(c2cccc(F)c2)C1)NC1CNc2ccc(-c3cnn(CCO)c3)cc21. The van der Waals surface area contributed by atoms with Gasteiger partial charge in [0.2, 0.25) is 0 Å². The Hall–Kier alpha value is -3.59. The van der Waals surface area contributed by atoms with E-state index in [0.29, 0.717) is 26.2 Å². The number of aliphatic hydroxyl groups is 1. The fourth-order valence-corrected chi connectivity index (χ4v) is 4.22. The molecule has 32 heavy (non-hydrogen) atoms. The first kappa shape index (κ1) is 20.3. The second-order valence-electron chi connectivity index (χ2n) is 8.15. The van der Waals surface area contributed by atoms with E-state index in [9.17, 15) is 9.18 Å². The summed E-state index contributed by atoms with van der Waals surface area (Å²) in [4.78, 5) is 14.6. The van der Waals surface area contributed by atoms with Crippen molar-refractivity contribution < 1.29 is 14.3 Å². The predicted molar refractivity (Wildman–Crippen MR) is 120 cm³/mol. The van der Waals surface area contributed by atoms with Gasteiger partial charge in [0.05, 0.1) is 31.4 Å². The zero-order valence-electron chi connectivity index (χ0n) is 17.5. The van der Waals surface area contributed by atoms with Crippen molar-refractivity contribution in [3.63, 3.8) is 0 Å². The van der Waals surface area contributed by atoms with E-state index in [0.717, 1.165) is 28.1 Å². The lowest BCUT2D eigenvalue weighted by molar-refractivity contribution is 0.231. The molecule has 166 valence electrons. The van der Waals surface area contributed by atoms with Gasteiger partial charge < -0.3 is 26.0 Å². The lowest BCUT2D eigenvalue weighted by Gasteiger charge is -2.41. The van der Waals surface area contributed by atoms with Crippen molar-refractivity contribution in [2.24, 2.45) is 0 Å². The maximum Gasteiger partial charge on any atom is 0.315 e. The van der Waals surface area contributed by atoms with Gasteiger partial charge in [0.1, 0.15) is 5.82 Å². The highest BCUT2D eigenvalue weighted by atomic mass is 19.1. The van der Waals surface area contributed by atoms with Crippen molar-refractivity contribution in [1.82, 2.24) is 20.4 Å². The molecule has 1 saturated heterocycles. The third kappa shape index (κ3) is 4.11. The molecule has 9 heteroatoms. The maximum atomic E-state index is 13.4. The maximum absolute atomic E-state index is 13.4. The minimum absolute atomic E-state index is 0.0239. The Bertz CT molecular complexity index is 1130. The summed E-state index contributed by atoms with van der Waals surface area (Å²) in [5, 5.41) is 22.7. The number of amides is 2. The summed E-state index contributed by atoms with van der Waals surface area (Å²) in [6, 6.07) is 12.2. The van der Waals surface area contributed by atoms with Gasteiger partial charge in [-0.1, -0.05) is 12.1 Å². The molecule has 0 bridgehead atoms. The van der Waals surface area contributed by atoms with E-state index >= 15 is 0 Å². The number of carbonyl (C=O) groups excluding carboxylic acids is 1. The Labute approximate surface area is 185 Å². The van der Waals surface area contributed by atoms with Crippen LogP contribution in [0.15, 0.2) is 54.9 Å². The number of fused-ring (bicyclic) bond motifs is 1. The van der Waals surface area contributed by atoms with E-state index in [1.807, 2.05) is 29.3 Å². The van der Waals surface area contributed by atoms with E-state index in [1.54, 1.807) is 16.9 Å². The van der Waals surface area contributed by atoms with Gasteiger partial charge in [-0.2, -0.15) is 5.10 Å². The van der Waals surface area contributed by atoms with Gasteiger partial charge in [-0.05, 0) is 41.5 Å². The average Bonchev–Trinajstić information content (AvgIpc) is 3.38. The van der Waals surface area contributed by atoms with Crippen LogP contribution in [-0.2, 0) is 6.54 Å². The van der Waals surface area contributed by atoms with Crippen molar-refractivity contribution in [3.8, 4) is 11.1 Å². The van der Waals surface area contributed by atoms with Gasteiger partial charge in [-0.15, -0.1) is 0 Å². The number of carbonyl (C=O) groups is 1. The Morgan fingerprint density at radius 2 is 2.06 bits per heavy atom. The Balaban J connectivity index is 1.19. The van der Waals surface area contributed by atoms with E-state index < -0.39 is 0 Å². The number of hydrogen-bond acceptors (Lipinski definition) is 5. The molecule has 1 unspecified atom stereocenters. The van der Waals surface area contributed by atoms with Gasteiger partial charge in [0.25, 0.3) is 0 Å². The summed E-state index contributed by atoms with van der Waals surface area (Å²) in [6.07, 6.45) is 3.67. The third-order valence-electron chi connectivity index (χ3n) is 5.91. The smallest absolute Gasteiger partial charge is 0.315 e. The number of aliphatic hydroxyl groups excluding tert-OH is 1. The first-order valence-corrected chi connectivity index (χ1v) is 10.7. The minimum atomic E-state index is -0.260. The lowest BCUT2D eigenvalue weighted by Crippen LogP contribution is -2.61. The molecule has 2 aliphatic heterocycles. The lowest BCUT2D eigenvalue weighted by atomic mass is 10.0. The van der Waals surface area contributed by atoms with Crippen LogP contribution < -0.4 is 20.9 Å². The summed E-state index contributed by atoms with van der Waals surface area (Å²) in [7, 11) is 0. The van der Waals surface area contributed by atoms with Crippen LogP contribution in [0.5, 0.6) is 0 Å². The van der Waals surface area contributed by atoms with Gasteiger partial charge in [-0.3, -0.25) is 4.68 Å². The minimum Gasteiger partial charge on any atom is -0.394 e. The first-order chi connectivity index (χ1) is 15.6. The molecule has 1 fully saturated rings. The molecule has 1 aromatic heterocycles. The molecule has 0 radical (unpaired) electrons. The summed E-state index contributed by atoms with van der Waals surface area (Å²) in [5.41, 5.74) is 4.83. The van der Waals surface area contributed by atoms with E-state index in [2.05, 4.69) is 27.1 Å². The number of aromatic nitrogens is 2. The van der Waals surface area contributed by atoms with Crippen LogP contribution >= 0.6 is 0 Å². The van der Waals surface area contributed by atoms with E-state index in [-0.39, 0.29) is 30.5 Å². The Morgan fingerprint density at radius 3 is 2.88 bits per heavy atom. The van der Waals surface area contributed by atoms with Gasteiger partial charge in [0, 0.05) is 42.8 Å².